The summed E-state index contributed by atoms with van der Waals surface area (Å²) in [5.41, 5.74) is -1.83. The summed E-state index contributed by atoms with van der Waals surface area (Å²) in [4.78, 5) is 0. The SMILES string of the molecule is CCCC(C)(O)C(O)(CCC)CCC. The number of hydrogen-bond donors (Lipinski definition) is 2. The van der Waals surface area contributed by atoms with Crippen molar-refractivity contribution in [2.24, 2.45) is 0 Å². The van der Waals surface area contributed by atoms with Crippen LogP contribution in [0.25, 0.3) is 0 Å². The van der Waals surface area contributed by atoms with Crippen LogP contribution in [0.1, 0.15) is 66.2 Å². The maximum atomic E-state index is 10.4. The number of rotatable bonds is 7. The van der Waals surface area contributed by atoms with Crippen LogP contribution in [0.15, 0.2) is 0 Å². The second-order valence-electron chi connectivity index (χ2n) is 4.56. The van der Waals surface area contributed by atoms with Crippen LogP contribution in [0.3, 0.4) is 0 Å². The molecule has 0 aliphatic rings. The lowest BCUT2D eigenvalue weighted by Gasteiger charge is -2.41. The molecule has 86 valence electrons. The molecule has 0 rings (SSSR count). The predicted molar refractivity (Wildman–Crippen MR) is 60.3 cm³/mol. The first kappa shape index (κ1) is 13.9. The van der Waals surface area contributed by atoms with Gasteiger partial charge in [-0.25, -0.2) is 0 Å². The summed E-state index contributed by atoms with van der Waals surface area (Å²) >= 11 is 0. The Morgan fingerprint density at radius 2 is 1.14 bits per heavy atom. The van der Waals surface area contributed by atoms with Crippen LogP contribution >= 0.6 is 0 Å². The fraction of sp³-hybridized carbons (Fsp3) is 1.00. The van der Waals surface area contributed by atoms with E-state index in [4.69, 9.17) is 0 Å². The fourth-order valence-electron chi connectivity index (χ4n) is 2.21. The Morgan fingerprint density at radius 1 is 0.786 bits per heavy atom. The van der Waals surface area contributed by atoms with Gasteiger partial charge in [0.25, 0.3) is 0 Å². The van der Waals surface area contributed by atoms with Crippen molar-refractivity contribution in [3.05, 3.63) is 0 Å². The normalized spacial score (nSPS) is 16.7. The molecule has 0 aromatic heterocycles. The van der Waals surface area contributed by atoms with E-state index in [0.717, 1.165) is 19.3 Å². The molecule has 0 saturated heterocycles. The minimum atomic E-state index is -0.937. The Labute approximate surface area is 88.3 Å². The minimum absolute atomic E-state index is 0.670. The zero-order valence-electron chi connectivity index (χ0n) is 10.1. The zero-order valence-corrected chi connectivity index (χ0v) is 10.1. The summed E-state index contributed by atoms with van der Waals surface area (Å²) in [6.45, 7) is 7.89. The zero-order chi connectivity index (χ0) is 11.2. The Bertz CT molecular complexity index is 146. The maximum Gasteiger partial charge on any atom is 0.0930 e. The third-order valence-electron chi connectivity index (χ3n) is 3.07. The van der Waals surface area contributed by atoms with E-state index in [-0.39, 0.29) is 0 Å². The van der Waals surface area contributed by atoms with E-state index in [9.17, 15) is 10.2 Å². The van der Waals surface area contributed by atoms with Gasteiger partial charge in [-0.15, -0.1) is 0 Å². The lowest BCUT2D eigenvalue weighted by molar-refractivity contribution is -0.154. The van der Waals surface area contributed by atoms with Crippen LogP contribution in [-0.2, 0) is 0 Å². The first-order valence-corrected chi connectivity index (χ1v) is 5.88. The van der Waals surface area contributed by atoms with Gasteiger partial charge < -0.3 is 10.2 Å². The van der Waals surface area contributed by atoms with Gasteiger partial charge >= 0.3 is 0 Å². The first-order chi connectivity index (χ1) is 6.43. The van der Waals surface area contributed by atoms with Crippen molar-refractivity contribution in [2.75, 3.05) is 0 Å². The molecule has 2 N–H and O–H groups in total. The Balaban J connectivity index is 4.59. The van der Waals surface area contributed by atoms with Crippen LogP contribution in [0, 0.1) is 0 Å². The summed E-state index contributed by atoms with van der Waals surface area (Å²) in [5, 5.41) is 20.7. The smallest absolute Gasteiger partial charge is 0.0930 e. The van der Waals surface area contributed by atoms with Gasteiger partial charge in [-0.3, -0.25) is 0 Å². The summed E-state index contributed by atoms with van der Waals surface area (Å²) < 4.78 is 0. The molecule has 0 aromatic carbocycles. The Morgan fingerprint density at radius 3 is 1.43 bits per heavy atom. The van der Waals surface area contributed by atoms with Gasteiger partial charge in [0, 0.05) is 0 Å². The van der Waals surface area contributed by atoms with Gasteiger partial charge in [0.05, 0.1) is 11.2 Å². The molecular formula is C12H26O2. The highest BCUT2D eigenvalue weighted by Crippen LogP contribution is 2.34. The molecule has 1 atom stereocenters. The van der Waals surface area contributed by atoms with Gasteiger partial charge in [0.2, 0.25) is 0 Å². The highest BCUT2D eigenvalue weighted by Gasteiger charge is 2.43. The largest absolute Gasteiger partial charge is 0.387 e. The second-order valence-corrected chi connectivity index (χ2v) is 4.56. The molecule has 0 spiro atoms. The van der Waals surface area contributed by atoms with E-state index in [1.165, 1.54) is 0 Å². The Hall–Kier alpha value is -0.0800. The van der Waals surface area contributed by atoms with Crippen LogP contribution < -0.4 is 0 Å². The van der Waals surface area contributed by atoms with Crippen LogP contribution in [0.4, 0.5) is 0 Å². The van der Waals surface area contributed by atoms with Crippen molar-refractivity contribution < 1.29 is 10.2 Å². The summed E-state index contributed by atoms with van der Waals surface area (Å²) in [6, 6.07) is 0. The monoisotopic (exact) mass is 202 g/mol. The summed E-state index contributed by atoms with van der Waals surface area (Å²) in [7, 11) is 0. The first-order valence-electron chi connectivity index (χ1n) is 5.88. The lowest BCUT2D eigenvalue weighted by atomic mass is 9.75. The molecule has 0 aliphatic carbocycles. The van der Waals surface area contributed by atoms with Crippen molar-refractivity contribution in [1.29, 1.82) is 0 Å². The van der Waals surface area contributed by atoms with E-state index in [1.54, 1.807) is 6.92 Å². The van der Waals surface area contributed by atoms with Gasteiger partial charge in [0.15, 0.2) is 0 Å². The average molecular weight is 202 g/mol. The molecule has 0 heterocycles. The van der Waals surface area contributed by atoms with E-state index in [2.05, 4.69) is 0 Å². The maximum absolute atomic E-state index is 10.4. The van der Waals surface area contributed by atoms with Crippen molar-refractivity contribution in [1.82, 2.24) is 0 Å². The van der Waals surface area contributed by atoms with Crippen LogP contribution in [-0.4, -0.2) is 21.4 Å². The van der Waals surface area contributed by atoms with E-state index in [1.807, 2.05) is 20.8 Å². The molecule has 0 amide bonds. The molecule has 0 fully saturated rings. The van der Waals surface area contributed by atoms with Crippen LogP contribution in [0.5, 0.6) is 0 Å². The standard InChI is InChI=1S/C12H26O2/c1-5-8-11(4,13)12(14,9-6-2)10-7-3/h13-14H,5-10H2,1-4H3. The van der Waals surface area contributed by atoms with Crippen molar-refractivity contribution in [3.8, 4) is 0 Å². The number of hydrogen-bond acceptors (Lipinski definition) is 2. The van der Waals surface area contributed by atoms with Crippen molar-refractivity contribution in [2.45, 2.75) is 77.4 Å². The van der Waals surface area contributed by atoms with Crippen molar-refractivity contribution in [3.63, 3.8) is 0 Å². The number of aliphatic hydroxyl groups is 2. The average Bonchev–Trinajstić information content (AvgIpc) is 2.04. The molecular weight excluding hydrogens is 176 g/mol. The molecule has 0 bridgehead atoms. The van der Waals surface area contributed by atoms with Gasteiger partial charge in [0.1, 0.15) is 0 Å². The third kappa shape index (κ3) is 3.25. The minimum Gasteiger partial charge on any atom is -0.387 e. The fourth-order valence-corrected chi connectivity index (χ4v) is 2.21. The molecule has 0 radical (unpaired) electrons. The molecule has 2 heteroatoms. The quantitative estimate of drug-likeness (QED) is 0.666. The highest BCUT2D eigenvalue weighted by molar-refractivity contribution is 4.95. The molecule has 0 saturated carbocycles. The summed E-state index contributed by atoms with van der Waals surface area (Å²) in [5.74, 6) is 0. The van der Waals surface area contributed by atoms with Gasteiger partial charge in [-0.05, 0) is 26.2 Å². The predicted octanol–water partition coefficient (Wildman–Crippen LogP) is 2.87. The molecule has 0 aliphatic heterocycles. The topological polar surface area (TPSA) is 40.5 Å². The van der Waals surface area contributed by atoms with E-state index >= 15 is 0 Å². The second kappa shape index (κ2) is 5.72. The molecule has 1 unspecified atom stereocenters. The van der Waals surface area contributed by atoms with Gasteiger partial charge in [-0.1, -0.05) is 40.0 Å². The molecule has 14 heavy (non-hydrogen) atoms. The van der Waals surface area contributed by atoms with Crippen molar-refractivity contribution >= 4 is 0 Å². The molecule has 0 aromatic rings. The highest BCUT2D eigenvalue weighted by atomic mass is 16.4. The van der Waals surface area contributed by atoms with Crippen LogP contribution in [0.2, 0.25) is 0 Å². The van der Waals surface area contributed by atoms with E-state index < -0.39 is 11.2 Å². The molecule has 2 nitrogen and oxygen atoms in total. The summed E-state index contributed by atoms with van der Waals surface area (Å²) in [6.07, 6.45) is 4.78. The third-order valence-corrected chi connectivity index (χ3v) is 3.07. The van der Waals surface area contributed by atoms with E-state index in [0.29, 0.717) is 19.3 Å². The lowest BCUT2D eigenvalue weighted by Crippen LogP contribution is -2.52. The van der Waals surface area contributed by atoms with Gasteiger partial charge in [-0.2, -0.15) is 0 Å². The Kier molecular flexibility index (Phi) is 5.68.